The standard InChI is InChI=1S/C21H30N6O/c1-21(2)13-26(8-9-27(21)17-6-4-5-7-18(17)28-3)19-12-16(24-20(23)25-19)14-10-15(22)11-14/h4-7,12,14-15H,8-11,13,22H2,1-3H3,(H2,23,24,25). The van der Waals surface area contributed by atoms with Gasteiger partial charge in [-0.05, 0) is 38.8 Å². The number of nitrogens with two attached hydrogens (primary N) is 2. The Morgan fingerprint density at radius 3 is 2.57 bits per heavy atom. The van der Waals surface area contributed by atoms with Gasteiger partial charge in [0.05, 0.1) is 24.0 Å². The molecule has 0 spiro atoms. The number of piperazine rings is 1. The number of hydrogen-bond acceptors (Lipinski definition) is 7. The summed E-state index contributed by atoms with van der Waals surface area (Å²) in [6.07, 6.45) is 1.95. The Balaban J connectivity index is 1.56. The van der Waals surface area contributed by atoms with Gasteiger partial charge in [0.15, 0.2) is 0 Å². The fraction of sp³-hybridized carbons (Fsp3) is 0.524. The summed E-state index contributed by atoms with van der Waals surface area (Å²) in [5, 5.41) is 0. The second kappa shape index (κ2) is 7.13. The molecule has 4 N–H and O–H groups in total. The van der Waals surface area contributed by atoms with E-state index in [1.807, 2.05) is 12.1 Å². The molecule has 7 heteroatoms. The number of para-hydroxylation sites is 2. The molecule has 7 nitrogen and oxygen atoms in total. The van der Waals surface area contributed by atoms with E-state index in [-0.39, 0.29) is 11.6 Å². The molecule has 2 heterocycles. The molecule has 1 aliphatic carbocycles. The van der Waals surface area contributed by atoms with E-state index in [2.05, 4.69) is 51.8 Å². The summed E-state index contributed by atoms with van der Waals surface area (Å²) < 4.78 is 5.59. The zero-order chi connectivity index (χ0) is 19.9. The molecule has 28 heavy (non-hydrogen) atoms. The van der Waals surface area contributed by atoms with Crippen LogP contribution >= 0.6 is 0 Å². The maximum absolute atomic E-state index is 6.03. The van der Waals surface area contributed by atoms with Crippen molar-refractivity contribution in [1.29, 1.82) is 0 Å². The van der Waals surface area contributed by atoms with Gasteiger partial charge >= 0.3 is 0 Å². The normalized spacial score (nSPS) is 24.0. The number of anilines is 3. The fourth-order valence-electron chi connectivity index (χ4n) is 4.40. The lowest BCUT2D eigenvalue weighted by Crippen LogP contribution is -2.60. The Labute approximate surface area is 166 Å². The Hall–Kier alpha value is -2.54. The van der Waals surface area contributed by atoms with Crippen molar-refractivity contribution in [3.05, 3.63) is 36.0 Å². The second-order valence-corrected chi connectivity index (χ2v) is 8.50. The van der Waals surface area contributed by atoms with E-state index in [0.717, 1.165) is 55.4 Å². The van der Waals surface area contributed by atoms with Crippen molar-refractivity contribution in [1.82, 2.24) is 9.97 Å². The summed E-state index contributed by atoms with van der Waals surface area (Å²) in [6, 6.07) is 10.6. The first-order valence-corrected chi connectivity index (χ1v) is 9.93. The molecule has 0 unspecified atom stereocenters. The summed E-state index contributed by atoms with van der Waals surface area (Å²) in [6.45, 7) is 7.08. The highest BCUT2D eigenvalue weighted by molar-refractivity contribution is 5.61. The van der Waals surface area contributed by atoms with E-state index in [9.17, 15) is 0 Å². The average molecular weight is 383 g/mol. The Kier molecular flexibility index (Phi) is 4.79. The van der Waals surface area contributed by atoms with Gasteiger partial charge in [-0.1, -0.05) is 12.1 Å². The molecule has 0 amide bonds. The lowest BCUT2D eigenvalue weighted by Gasteiger charge is -2.49. The Morgan fingerprint density at radius 1 is 1.14 bits per heavy atom. The quantitative estimate of drug-likeness (QED) is 0.838. The molecule has 2 aliphatic rings. The van der Waals surface area contributed by atoms with E-state index < -0.39 is 0 Å². The van der Waals surface area contributed by atoms with Crippen LogP contribution in [0.1, 0.15) is 38.3 Å². The first-order chi connectivity index (χ1) is 13.4. The number of benzene rings is 1. The van der Waals surface area contributed by atoms with Gasteiger partial charge in [0.1, 0.15) is 11.6 Å². The number of aromatic nitrogens is 2. The zero-order valence-electron chi connectivity index (χ0n) is 16.9. The maximum Gasteiger partial charge on any atom is 0.222 e. The Bertz CT molecular complexity index is 849. The van der Waals surface area contributed by atoms with Crippen LogP contribution in [0.25, 0.3) is 0 Å². The average Bonchev–Trinajstić information content (AvgIpc) is 2.64. The van der Waals surface area contributed by atoms with E-state index in [1.165, 1.54) is 0 Å². The zero-order valence-corrected chi connectivity index (χ0v) is 16.9. The molecule has 0 bridgehead atoms. The molecule has 2 aromatic rings. The van der Waals surface area contributed by atoms with Gasteiger partial charge in [-0.3, -0.25) is 0 Å². The molecular formula is C21H30N6O. The minimum absolute atomic E-state index is 0.0917. The van der Waals surface area contributed by atoms with Crippen molar-refractivity contribution in [2.24, 2.45) is 5.73 Å². The van der Waals surface area contributed by atoms with Crippen molar-refractivity contribution in [3.63, 3.8) is 0 Å². The van der Waals surface area contributed by atoms with Crippen LogP contribution < -0.4 is 26.0 Å². The van der Waals surface area contributed by atoms with Crippen LogP contribution in [-0.4, -0.2) is 48.3 Å². The van der Waals surface area contributed by atoms with Crippen LogP contribution in [0.5, 0.6) is 5.75 Å². The molecular weight excluding hydrogens is 352 g/mol. The number of rotatable bonds is 4. The summed E-state index contributed by atoms with van der Waals surface area (Å²) in [5.74, 6) is 2.56. The maximum atomic E-state index is 6.03. The monoisotopic (exact) mass is 382 g/mol. The van der Waals surface area contributed by atoms with Crippen LogP contribution in [0.2, 0.25) is 0 Å². The van der Waals surface area contributed by atoms with E-state index >= 15 is 0 Å². The molecule has 150 valence electrons. The molecule has 1 saturated carbocycles. The highest BCUT2D eigenvalue weighted by atomic mass is 16.5. The third-order valence-electron chi connectivity index (χ3n) is 5.94. The number of ether oxygens (including phenoxy) is 1. The van der Waals surface area contributed by atoms with Crippen LogP contribution in [0.15, 0.2) is 30.3 Å². The molecule has 0 radical (unpaired) electrons. The highest BCUT2D eigenvalue weighted by Crippen LogP contribution is 2.38. The molecule has 1 aliphatic heterocycles. The molecule has 2 fully saturated rings. The first kappa shape index (κ1) is 18.8. The van der Waals surface area contributed by atoms with Gasteiger partial charge in [0, 0.05) is 37.7 Å². The summed E-state index contributed by atoms with van der Waals surface area (Å²) >= 11 is 0. The second-order valence-electron chi connectivity index (χ2n) is 8.50. The lowest BCUT2D eigenvalue weighted by molar-refractivity contribution is 0.345. The van der Waals surface area contributed by atoms with Gasteiger partial charge in [-0.2, -0.15) is 4.98 Å². The van der Waals surface area contributed by atoms with Gasteiger partial charge in [-0.15, -0.1) is 0 Å². The number of methoxy groups -OCH3 is 1. The first-order valence-electron chi connectivity index (χ1n) is 9.93. The van der Waals surface area contributed by atoms with Gasteiger partial charge < -0.3 is 26.0 Å². The van der Waals surface area contributed by atoms with Crippen LogP contribution in [0, 0.1) is 0 Å². The summed E-state index contributed by atoms with van der Waals surface area (Å²) in [4.78, 5) is 13.7. The summed E-state index contributed by atoms with van der Waals surface area (Å²) in [5.41, 5.74) is 14.0. The van der Waals surface area contributed by atoms with Crippen molar-refractivity contribution >= 4 is 17.5 Å². The number of hydrogen-bond donors (Lipinski definition) is 2. The third-order valence-corrected chi connectivity index (χ3v) is 5.94. The van der Waals surface area contributed by atoms with E-state index in [0.29, 0.717) is 11.9 Å². The van der Waals surface area contributed by atoms with Crippen molar-refractivity contribution in [3.8, 4) is 5.75 Å². The molecule has 1 aromatic heterocycles. The number of nitrogens with zero attached hydrogens (tertiary/aromatic N) is 4. The highest BCUT2D eigenvalue weighted by Gasteiger charge is 2.36. The van der Waals surface area contributed by atoms with Crippen LogP contribution in [0.3, 0.4) is 0 Å². The smallest absolute Gasteiger partial charge is 0.222 e. The minimum atomic E-state index is -0.0917. The van der Waals surface area contributed by atoms with Gasteiger partial charge in [0.25, 0.3) is 0 Å². The molecule has 0 atom stereocenters. The topological polar surface area (TPSA) is 93.5 Å². The fourth-order valence-corrected chi connectivity index (χ4v) is 4.40. The summed E-state index contributed by atoms with van der Waals surface area (Å²) in [7, 11) is 1.72. The van der Waals surface area contributed by atoms with Crippen molar-refractivity contribution in [2.75, 3.05) is 42.3 Å². The van der Waals surface area contributed by atoms with Crippen molar-refractivity contribution in [2.45, 2.75) is 44.2 Å². The lowest BCUT2D eigenvalue weighted by atomic mass is 9.78. The number of nitrogen functional groups attached to an aromatic ring is 1. The van der Waals surface area contributed by atoms with E-state index in [1.54, 1.807) is 7.11 Å². The minimum Gasteiger partial charge on any atom is -0.495 e. The van der Waals surface area contributed by atoms with E-state index in [4.69, 9.17) is 16.2 Å². The third kappa shape index (κ3) is 3.46. The predicted octanol–water partition coefficient (Wildman–Crippen LogP) is 2.38. The van der Waals surface area contributed by atoms with Crippen molar-refractivity contribution < 1.29 is 4.74 Å². The predicted molar refractivity (Wildman–Crippen MR) is 113 cm³/mol. The molecule has 4 rings (SSSR count). The molecule has 1 saturated heterocycles. The van der Waals surface area contributed by atoms with Gasteiger partial charge in [0.2, 0.25) is 5.95 Å². The van der Waals surface area contributed by atoms with Gasteiger partial charge in [-0.25, -0.2) is 4.98 Å². The molecule has 1 aromatic carbocycles. The largest absolute Gasteiger partial charge is 0.495 e. The SMILES string of the molecule is COc1ccccc1N1CCN(c2cc(C3CC(N)C3)nc(N)n2)CC1(C)C. The van der Waals surface area contributed by atoms with Crippen LogP contribution in [-0.2, 0) is 0 Å². The Morgan fingerprint density at radius 2 is 1.89 bits per heavy atom. The van der Waals surface area contributed by atoms with Crippen LogP contribution in [0.4, 0.5) is 17.5 Å².